The van der Waals surface area contributed by atoms with E-state index >= 15 is 0 Å². The number of carboxylic acid groups (broad SMARTS) is 1. The average molecular weight is 770 g/mol. The number of nitrogens with zero attached hydrogens (tertiary/aromatic N) is 5. The molecule has 0 bridgehead atoms. The summed E-state index contributed by atoms with van der Waals surface area (Å²) >= 11 is 11.8. The van der Waals surface area contributed by atoms with E-state index in [1.165, 1.54) is 29.1 Å². The van der Waals surface area contributed by atoms with E-state index in [4.69, 9.17) is 37.9 Å². The number of aliphatic carboxylic acids is 1. The van der Waals surface area contributed by atoms with Gasteiger partial charge in [-0.1, -0.05) is 0 Å². The van der Waals surface area contributed by atoms with Crippen molar-refractivity contribution in [3.63, 3.8) is 0 Å². The van der Waals surface area contributed by atoms with Crippen LogP contribution >= 0.6 is 30.9 Å². The Morgan fingerprint density at radius 1 is 1.14 bits per heavy atom. The molecule has 22 heteroatoms. The summed E-state index contributed by atoms with van der Waals surface area (Å²) in [5, 5.41) is 29.2. The number of amides is 1. The topological polar surface area (TPSA) is 274 Å². The number of aromatic nitrogens is 4. The third kappa shape index (κ3) is 11.2. The Morgan fingerprint density at radius 2 is 1.86 bits per heavy atom. The van der Waals surface area contributed by atoms with Crippen LogP contribution in [0.3, 0.4) is 0 Å². The van der Waals surface area contributed by atoms with E-state index in [-0.39, 0.29) is 79.4 Å². The highest BCUT2D eigenvalue weighted by molar-refractivity contribution is 7.54. The molecule has 0 saturated carbocycles. The van der Waals surface area contributed by atoms with Crippen LogP contribution in [0.15, 0.2) is 51.8 Å². The fourth-order valence-corrected chi connectivity index (χ4v) is 7.24. The number of carboxylic acids is 1. The zero-order chi connectivity index (χ0) is 37.0. The molecule has 51 heavy (non-hydrogen) atoms. The number of carbonyl (C=O) groups is 2. The molecular weight excluding hydrogens is 734 g/mol. The number of nitrogens with two attached hydrogens (primary N) is 1. The number of hydrogen-bond donors (Lipinski definition) is 6. The summed E-state index contributed by atoms with van der Waals surface area (Å²) in [6.07, 6.45) is 2.22. The highest BCUT2D eigenvalue weighted by Gasteiger charge is 2.32. The lowest BCUT2D eigenvalue weighted by Gasteiger charge is -2.30. The lowest BCUT2D eigenvalue weighted by atomic mass is 10.1. The predicted molar refractivity (Wildman–Crippen MR) is 188 cm³/mol. The van der Waals surface area contributed by atoms with Crippen molar-refractivity contribution in [3.8, 4) is 0 Å². The molecule has 0 aliphatic rings. The number of unbranched alkanes of at least 4 members (excludes halogenated alkanes) is 1. The molecule has 0 saturated heterocycles. The average Bonchev–Trinajstić information content (AvgIpc) is 3.59. The minimum Gasteiger partial charge on any atom is -0.480 e. The van der Waals surface area contributed by atoms with E-state index in [0.717, 1.165) is 6.07 Å². The Bertz CT molecular complexity index is 1920. The summed E-state index contributed by atoms with van der Waals surface area (Å²) < 4.78 is 26.0. The SMILES string of the molecule is Nc1nc2ncc(CNc3ccc(C(=O)N[C@@H](CCCCNP(=O)(OCc4ccc([N+](=O)[O-])o4)N(CCCl)CCCl)C(=O)O)cc3)nc2c(=O)[nH]1. The van der Waals surface area contributed by atoms with E-state index in [9.17, 15) is 34.2 Å². The summed E-state index contributed by atoms with van der Waals surface area (Å²) in [5.41, 5.74) is 6.50. The largest absolute Gasteiger partial charge is 0.480 e. The van der Waals surface area contributed by atoms with Crippen molar-refractivity contribution >= 4 is 71.4 Å². The number of fused-ring (bicyclic) bond motifs is 1. The van der Waals surface area contributed by atoms with E-state index in [1.54, 1.807) is 12.1 Å². The van der Waals surface area contributed by atoms with Gasteiger partial charge in [-0.25, -0.2) is 24.5 Å². The molecule has 4 aromatic rings. The summed E-state index contributed by atoms with van der Waals surface area (Å²) in [7, 11) is -3.76. The van der Waals surface area contributed by atoms with Crippen LogP contribution in [0, 0.1) is 10.1 Å². The Balaban J connectivity index is 1.27. The summed E-state index contributed by atoms with van der Waals surface area (Å²) in [4.78, 5) is 61.8. The molecule has 7 N–H and O–H groups in total. The molecule has 274 valence electrons. The minimum absolute atomic E-state index is 0.0442. The van der Waals surface area contributed by atoms with Crippen LogP contribution in [0.25, 0.3) is 11.2 Å². The van der Waals surface area contributed by atoms with E-state index in [0.29, 0.717) is 24.2 Å². The quantitative estimate of drug-likeness (QED) is 0.0233. The molecule has 19 nitrogen and oxygen atoms in total. The van der Waals surface area contributed by atoms with Gasteiger partial charge in [-0.05, 0) is 49.6 Å². The number of H-pyrrole nitrogens is 1. The summed E-state index contributed by atoms with van der Waals surface area (Å²) in [6.45, 7) is 0.340. The van der Waals surface area contributed by atoms with Crippen molar-refractivity contribution in [3.05, 3.63) is 80.1 Å². The fraction of sp³-hybridized carbons (Fsp3) is 0.379. The first-order valence-corrected chi connectivity index (χ1v) is 18.1. The smallest absolute Gasteiger partial charge is 0.433 e. The lowest BCUT2D eigenvalue weighted by molar-refractivity contribution is -0.402. The molecule has 0 radical (unpaired) electrons. The van der Waals surface area contributed by atoms with Crippen LogP contribution in [0.4, 0.5) is 17.5 Å². The van der Waals surface area contributed by atoms with Crippen LogP contribution in [0.5, 0.6) is 0 Å². The number of halogens is 2. The highest BCUT2D eigenvalue weighted by atomic mass is 35.5. The molecule has 1 amide bonds. The maximum atomic E-state index is 13.8. The van der Waals surface area contributed by atoms with Gasteiger partial charge in [-0.2, -0.15) is 4.98 Å². The molecule has 3 heterocycles. The predicted octanol–water partition coefficient (Wildman–Crippen LogP) is 3.46. The maximum absolute atomic E-state index is 13.8. The van der Waals surface area contributed by atoms with Gasteiger partial charge in [0.1, 0.15) is 23.3 Å². The van der Waals surface area contributed by atoms with Gasteiger partial charge >= 0.3 is 19.5 Å². The van der Waals surface area contributed by atoms with Gasteiger partial charge in [-0.3, -0.25) is 33.8 Å². The Hall–Kier alpha value is -4.65. The molecular formula is C29H35Cl2N10O9P. The van der Waals surface area contributed by atoms with Crippen LogP contribution in [-0.4, -0.2) is 83.9 Å². The fourth-order valence-electron chi connectivity index (χ4n) is 4.67. The number of hydrogen-bond acceptors (Lipinski definition) is 13. The second-order valence-corrected chi connectivity index (χ2v) is 13.7. The molecule has 2 atom stereocenters. The van der Waals surface area contributed by atoms with Crippen LogP contribution in [0.1, 0.15) is 41.1 Å². The number of alkyl halides is 2. The zero-order valence-electron chi connectivity index (χ0n) is 26.9. The number of nitro groups is 1. The first-order valence-electron chi connectivity index (χ1n) is 15.4. The van der Waals surface area contributed by atoms with Crippen molar-refractivity contribution < 1.29 is 33.1 Å². The molecule has 1 aromatic carbocycles. The lowest BCUT2D eigenvalue weighted by Crippen LogP contribution is -2.40. The number of nitrogens with one attached hydrogen (secondary N) is 4. The van der Waals surface area contributed by atoms with Gasteiger partial charge in [0.15, 0.2) is 11.2 Å². The number of rotatable bonds is 21. The second-order valence-electron chi connectivity index (χ2n) is 10.8. The second kappa shape index (κ2) is 18.5. The number of benzene rings is 1. The standard InChI is InChI=1S/C29H35Cl2N10O9P/c30-10-13-40(14-11-31)51(48,49-17-21-8-9-23(50-21)41(46)47)35-12-2-1-3-22(28(44)45)37-26(42)18-4-6-19(7-5-18)33-15-20-16-34-25-24(36-20)27(43)39-29(32)38-25/h4-9,16,22,33H,1-3,10-15,17H2,(H,35,48)(H,37,42)(H,44,45)(H3,32,34,38,39,43)/t22-,51?/m0/s1. The summed E-state index contributed by atoms with van der Waals surface area (Å²) in [5.74, 6) is -2.04. The molecule has 0 aliphatic carbocycles. The first kappa shape index (κ1) is 39.1. The van der Waals surface area contributed by atoms with Gasteiger partial charge in [-0.15, -0.1) is 23.2 Å². The van der Waals surface area contributed by atoms with Crippen molar-refractivity contribution in [2.45, 2.75) is 38.5 Å². The third-order valence-corrected chi connectivity index (χ3v) is 9.79. The number of carbonyl (C=O) groups excluding carboxylic acids is 1. The number of furan rings is 1. The van der Waals surface area contributed by atoms with E-state index in [1.807, 2.05) is 0 Å². The number of anilines is 2. The normalized spacial score (nSPS) is 13.2. The van der Waals surface area contributed by atoms with E-state index in [2.05, 4.69) is 35.7 Å². The van der Waals surface area contributed by atoms with Gasteiger partial charge in [0, 0.05) is 42.6 Å². The molecule has 0 spiro atoms. The van der Waals surface area contributed by atoms with Gasteiger partial charge < -0.3 is 25.9 Å². The van der Waals surface area contributed by atoms with Crippen LogP contribution in [0.2, 0.25) is 0 Å². The van der Waals surface area contributed by atoms with Crippen molar-refractivity contribution in [1.82, 2.24) is 35.0 Å². The highest BCUT2D eigenvalue weighted by Crippen LogP contribution is 2.47. The van der Waals surface area contributed by atoms with E-state index < -0.39 is 42.0 Å². The molecule has 4 rings (SSSR count). The van der Waals surface area contributed by atoms with Gasteiger partial charge in [0.05, 0.1) is 24.5 Å². The maximum Gasteiger partial charge on any atom is 0.433 e. The van der Waals surface area contributed by atoms with Crippen molar-refractivity contribution in [2.24, 2.45) is 0 Å². The molecule has 0 fully saturated rings. The molecule has 0 aliphatic heterocycles. The van der Waals surface area contributed by atoms with Crippen molar-refractivity contribution in [1.29, 1.82) is 0 Å². The monoisotopic (exact) mass is 768 g/mol. The van der Waals surface area contributed by atoms with Crippen LogP contribution < -0.4 is 27.0 Å². The van der Waals surface area contributed by atoms with Gasteiger partial charge in [0.25, 0.3) is 11.5 Å². The summed E-state index contributed by atoms with van der Waals surface area (Å²) in [6, 6.07) is 7.60. The molecule has 1 unspecified atom stereocenters. The van der Waals surface area contributed by atoms with Gasteiger partial charge in [0.2, 0.25) is 5.95 Å². The number of nitrogen functional groups attached to an aromatic ring is 1. The molecule has 3 aromatic heterocycles. The first-order chi connectivity index (χ1) is 24.4. The minimum atomic E-state index is -3.76. The Kier molecular flexibility index (Phi) is 14.2. The van der Waals surface area contributed by atoms with Crippen molar-refractivity contribution in [2.75, 3.05) is 42.4 Å². The number of aromatic amines is 1. The Morgan fingerprint density at radius 3 is 2.51 bits per heavy atom. The van der Waals surface area contributed by atoms with Crippen LogP contribution in [-0.2, 0) is 27.0 Å². The Labute approximate surface area is 300 Å². The third-order valence-electron chi connectivity index (χ3n) is 7.21. The zero-order valence-corrected chi connectivity index (χ0v) is 29.3.